The first-order valence-electron chi connectivity index (χ1n) is 9.03. The van der Waals surface area contributed by atoms with Crippen molar-refractivity contribution in [2.24, 2.45) is 0 Å². The molecular formula is C23H24N2O. The largest absolute Gasteiger partial charge is 0.453 e. The van der Waals surface area contributed by atoms with Crippen LogP contribution in [0.2, 0.25) is 0 Å². The second-order valence-electron chi connectivity index (χ2n) is 7.03. The first kappa shape index (κ1) is 16.7. The summed E-state index contributed by atoms with van der Waals surface area (Å²) in [6, 6.07) is 25.6. The van der Waals surface area contributed by atoms with E-state index in [4.69, 9.17) is 4.74 Å². The monoisotopic (exact) mass is 344 g/mol. The number of anilines is 2. The van der Waals surface area contributed by atoms with Crippen LogP contribution in [0.3, 0.4) is 0 Å². The van der Waals surface area contributed by atoms with Crippen LogP contribution in [0.15, 0.2) is 72.8 Å². The quantitative estimate of drug-likeness (QED) is 0.599. The van der Waals surface area contributed by atoms with Gasteiger partial charge in [0, 0.05) is 12.1 Å². The van der Waals surface area contributed by atoms with Crippen molar-refractivity contribution in [2.75, 3.05) is 19.0 Å². The summed E-state index contributed by atoms with van der Waals surface area (Å²) in [5.74, 6) is 1.87. The highest BCUT2D eigenvalue weighted by Gasteiger charge is 2.30. The average Bonchev–Trinajstić information content (AvgIpc) is 2.66. The van der Waals surface area contributed by atoms with E-state index in [2.05, 4.69) is 97.5 Å². The van der Waals surface area contributed by atoms with Gasteiger partial charge in [-0.15, -0.1) is 0 Å². The van der Waals surface area contributed by atoms with E-state index in [1.165, 1.54) is 11.1 Å². The van der Waals surface area contributed by atoms with Crippen molar-refractivity contribution < 1.29 is 4.74 Å². The molecule has 1 atom stereocenters. The number of nitrogens with zero attached hydrogens (tertiary/aromatic N) is 2. The molecule has 3 aromatic rings. The van der Waals surface area contributed by atoms with Crippen LogP contribution < -0.4 is 9.64 Å². The minimum atomic E-state index is 0.203. The fourth-order valence-electron chi connectivity index (χ4n) is 3.62. The van der Waals surface area contributed by atoms with Gasteiger partial charge >= 0.3 is 0 Å². The Labute approximate surface area is 155 Å². The molecule has 26 heavy (non-hydrogen) atoms. The number of ether oxygens (including phenoxy) is 1. The molecule has 3 nitrogen and oxygen atoms in total. The lowest BCUT2D eigenvalue weighted by atomic mass is 10.0. The van der Waals surface area contributed by atoms with Crippen LogP contribution >= 0.6 is 0 Å². The van der Waals surface area contributed by atoms with Crippen molar-refractivity contribution in [2.45, 2.75) is 19.5 Å². The van der Waals surface area contributed by atoms with Gasteiger partial charge in [0.2, 0.25) is 0 Å². The van der Waals surface area contributed by atoms with E-state index in [0.717, 1.165) is 29.4 Å². The Morgan fingerprint density at radius 2 is 1.54 bits per heavy atom. The van der Waals surface area contributed by atoms with Crippen LogP contribution in [0.5, 0.6) is 11.5 Å². The number of hydrogen-bond acceptors (Lipinski definition) is 3. The molecule has 0 spiro atoms. The minimum Gasteiger partial charge on any atom is -0.453 e. The van der Waals surface area contributed by atoms with Crippen LogP contribution in [-0.4, -0.2) is 19.0 Å². The predicted molar refractivity (Wildman–Crippen MR) is 107 cm³/mol. The maximum absolute atomic E-state index is 6.36. The van der Waals surface area contributed by atoms with E-state index in [-0.39, 0.29) is 6.04 Å². The normalized spacial score (nSPS) is 13.8. The van der Waals surface area contributed by atoms with E-state index in [1.54, 1.807) is 0 Å². The predicted octanol–water partition coefficient (Wildman–Crippen LogP) is 5.75. The highest BCUT2D eigenvalue weighted by Crippen LogP contribution is 2.51. The highest BCUT2D eigenvalue weighted by atomic mass is 16.5. The zero-order valence-corrected chi connectivity index (χ0v) is 15.5. The van der Waals surface area contributed by atoms with Gasteiger partial charge in [0.1, 0.15) is 0 Å². The molecule has 0 bridgehead atoms. The Balaban J connectivity index is 1.87. The molecule has 132 valence electrons. The molecule has 0 amide bonds. The third-order valence-electron chi connectivity index (χ3n) is 4.83. The van der Waals surface area contributed by atoms with Gasteiger partial charge in [0.15, 0.2) is 11.5 Å². The van der Waals surface area contributed by atoms with E-state index < -0.39 is 0 Å². The second-order valence-corrected chi connectivity index (χ2v) is 7.03. The van der Waals surface area contributed by atoms with Crippen LogP contribution in [-0.2, 0) is 6.54 Å². The molecule has 0 radical (unpaired) electrons. The summed E-state index contributed by atoms with van der Waals surface area (Å²) in [7, 11) is 4.17. The van der Waals surface area contributed by atoms with Gasteiger partial charge in [-0.25, -0.2) is 0 Å². The van der Waals surface area contributed by atoms with Crippen molar-refractivity contribution >= 4 is 11.4 Å². The summed E-state index contributed by atoms with van der Waals surface area (Å²) in [5.41, 5.74) is 4.72. The van der Waals surface area contributed by atoms with E-state index in [1.807, 2.05) is 6.07 Å². The Morgan fingerprint density at radius 1 is 0.846 bits per heavy atom. The van der Waals surface area contributed by atoms with Crippen molar-refractivity contribution in [1.82, 2.24) is 4.90 Å². The Hall–Kier alpha value is -2.78. The first-order chi connectivity index (χ1) is 12.6. The molecule has 0 aliphatic carbocycles. The molecule has 4 rings (SSSR count). The topological polar surface area (TPSA) is 15.7 Å². The second kappa shape index (κ2) is 6.85. The lowest BCUT2D eigenvalue weighted by Crippen LogP contribution is -2.25. The van der Waals surface area contributed by atoms with Crippen LogP contribution in [0.1, 0.15) is 24.1 Å². The van der Waals surface area contributed by atoms with Crippen molar-refractivity contribution in [3.63, 3.8) is 0 Å². The first-order valence-corrected chi connectivity index (χ1v) is 9.03. The fraction of sp³-hybridized carbons (Fsp3) is 0.217. The van der Waals surface area contributed by atoms with Gasteiger partial charge in [-0.3, -0.25) is 0 Å². The third kappa shape index (κ3) is 2.95. The molecule has 3 aromatic carbocycles. The molecule has 1 unspecified atom stereocenters. The number of rotatable bonds is 4. The fourth-order valence-corrected chi connectivity index (χ4v) is 3.62. The smallest absolute Gasteiger partial charge is 0.155 e. The maximum atomic E-state index is 6.36. The van der Waals surface area contributed by atoms with Crippen LogP contribution in [0.25, 0.3) is 0 Å². The molecule has 0 aromatic heterocycles. The Kier molecular flexibility index (Phi) is 4.39. The molecule has 1 aliphatic rings. The standard InChI is InChI=1S/C23H24N2O/c1-17(18-10-5-4-6-11-18)25-20-13-7-8-15-22(20)26-23-19(16-24(2)3)12-9-14-21(23)25/h4-15,17H,16H2,1-3H3. The molecule has 0 fully saturated rings. The number of hydrogen-bond donors (Lipinski definition) is 0. The summed E-state index contributed by atoms with van der Waals surface area (Å²) in [6.45, 7) is 3.10. The van der Waals surface area contributed by atoms with Gasteiger partial charge in [-0.05, 0) is 44.8 Å². The molecule has 0 saturated carbocycles. The molecular weight excluding hydrogens is 320 g/mol. The minimum absolute atomic E-state index is 0.203. The van der Waals surface area contributed by atoms with E-state index in [0.29, 0.717) is 0 Å². The number of fused-ring (bicyclic) bond motifs is 2. The van der Waals surface area contributed by atoms with E-state index >= 15 is 0 Å². The maximum Gasteiger partial charge on any atom is 0.155 e. The Morgan fingerprint density at radius 3 is 2.31 bits per heavy atom. The lowest BCUT2D eigenvalue weighted by molar-refractivity contribution is 0.387. The zero-order chi connectivity index (χ0) is 18.1. The van der Waals surface area contributed by atoms with Gasteiger partial charge < -0.3 is 14.5 Å². The number of benzene rings is 3. The van der Waals surface area contributed by atoms with E-state index in [9.17, 15) is 0 Å². The Bertz CT molecular complexity index is 905. The highest BCUT2D eigenvalue weighted by molar-refractivity contribution is 5.80. The molecule has 0 saturated heterocycles. The zero-order valence-electron chi connectivity index (χ0n) is 15.5. The van der Waals surface area contributed by atoms with Crippen LogP contribution in [0.4, 0.5) is 11.4 Å². The summed E-state index contributed by atoms with van der Waals surface area (Å²) in [6.07, 6.45) is 0. The molecule has 3 heteroatoms. The van der Waals surface area contributed by atoms with Crippen molar-refractivity contribution in [1.29, 1.82) is 0 Å². The number of para-hydroxylation sites is 3. The summed E-state index contributed by atoms with van der Waals surface area (Å²) in [5, 5.41) is 0. The van der Waals surface area contributed by atoms with Gasteiger partial charge in [-0.2, -0.15) is 0 Å². The summed E-state index contributed by atoms with van der Waals surface area (Å²) >= 11 is 0. The van der Waals surface area contributed by atoms with Gasteiger partial charge in [0.05, 0.1) is 17.4 Å². The summed E-state index contributed by atoms with van der Waals surface area (Å²) < 4.78 is 6.36. The molecule has 0 N–H and O–H groups in total. The molecule has 1 aliphatic heterocycles. The molecule has 1 heterocycles. The van der Waals surface area contributed by atoms with Crippen molar-refractivity contribution in [3.8, 4) is 11.5 Å². The third-order valence-corrected chi connectivity index (χ3v) is 4.83. The average molecular weight is 344 g/mol. The lowest BCUT2D eigenvalue weighted by Gasteiger charge is -2.38. The van der Waals surface area contributed by atoms with Crippen molar-refractivity contribution in [3.05, 3.63) is 83.9 Å². The SMILES string of the molecule is CC(c1ccccc1)N1c2ccccc2Oc2c(CN(C)C)cccc21. The summed E-state index contributed by atoms with van der Waals surface area (Å²) in [4.78, 5) is 4.56. The van der Waals surface area contributed by atoms with Gasteiger partial charge in [-0.1, -0.05) is 54.6 Å². The van der Waals surface area contributed by atoms with Gasteiger partial charge in [0.25, 0.3) is 0 Å². The van der Waals surface area contributed by atoms with Crippen LogP contribution in [0, 0.1) is 0 Å².